The Bertz CT molecular complexity index is 460. The Hall–Kier alpha value is -0.990. The van der Waals surface area contributed by atoms with Crippen LogP contribution >= 0.6 is 12.4 Å². The van der Waals surface area contributed by atoms with Gasteiger partial charge in [-0.3, -0.25) is 0 Å². The van der Waals surface area contributed by atoms with Crippen LogP contribution in [-0.2, 0) is 13.0 Å². The van der Waals surface area contributed by atoms with Gasteiger partial charge in [0.1, 0.15) is 0 Å². The van der Waals surface area contributed by atoms with E-state index in [2.05, 4.69) is 48.9 Å². The minimum Gasteiger partial charge on any atom is -0.347 e. The van der Waals surface area contributed by atoms with Crippen molar-refractivity contribution in [3.8, 4) is 0 Å². The van der Waals surface area contributed by atoms with Crippen LogP contribution in [0.2, 0.25) is 0 Å². The quantitative estimate of drug-likeness (QED) is 0.876. The molecule has 1 unspecified atom stereocenters. The summed E-state index contributed by atoms with van der Waals surface area (Å²) in [4.78, 5) is 0. The van der Waals surface area contributed by atoms with Gasteiger partial charge in [-0.1, -0.05) is 18.2 Å². The fraction of sp³-hybridized carbons (Fsp3) is 0.385. The van der Waals surface area contributed by atoms with E-state index in [0.717, 1.165) is 13.0 Å². The second-order valence-corrected chi connectivity index (χ2v) is 4.14. The molecule has 0 fully saturated rings. The molecule has 2 rings (SSSR count). The predicted octanol–water partition coefficient (Wildman–Crippen LogP) is 2.97. The van der Waals surface area contributed by atoms with E-state index in [9.17, 15) is 0 Å². The van der Waals surface area contributed by atoms with E-state index < -0.39 is 0 Å². The summed E-state index contributed by atoms with van der Waals surface area (Å²) >= 11 is 0. The molecule has 1 aromatic carbocycles. The van der Waals surface area contributed by atoms with E-state index in [4.69, 9.17) is 5.73 Å². The van der Waals surface area contributed by atoms with Gasteiger partial charge in [0.15, 0.2) is 0 Å². The minimum absolute atomic E-state index is 0. The van der Waals surface area contributed by atoms with Crippen molar-refractivity contribution in [2.45, 2.75) is 32.9 Å². The molecular formula is C13H19ClN2. The summed E-state index contributed by atoms with van der Waals surface area (Å²) in [5.41, 5.74) is 8.54. The number of aromatic nitrogens is 1. The molecule has 0 amide bonds. The summed E-state index contributed by atoms with van der Waals surface area (Å²) in [6.07, 6.45) is 3.18. The Morgan fingerprint density at radius 3 is 2.62 bits per heavy atom. The van der Waals surface area contributed by atoms with Crippen molar-refractivity contribution in [3.63, 3.8) is 0 Å². The minimum atomic E-state index is 0. The molecule has 88 valence electrons. The Kier molecular flexibility index (Phi) is 4.39. The third-order valence-corrected chi connectivity index (χ3v) is 2.75. The molecule has 0 aliphatic carbocycles. The van der Waals surface area contributed by atoms with E-state index in [1.807, 2.05) is 0 Å². The lowest BCUT2D eigenvalue weighted by atomic mass is 10.1. The van der Waals surface area contributed by atoms with Crippen LogP contribution in [-0.4, -0.2) is 10.6 Å². The molecule has 0 saturated carbocycles. The van der Waals surface area contributed by atoms with Crippen LogP contribution < -0.4 is 5.73 Å². The van der Waals surface area contributed by atoms with Crippen molar-refractivity contribution in [1.82, 2.24) is 4.57 Å². The molecule has 2 nitrogen and oxygen atoms in total. The number of nitrogens with zero attached hydrogens (tertiary/aromatic N) is 1. The molecule has 0 aliphatic heterocycles. The maximum Gasteiger partial charge on any atom is 0.0483 e. The SMILES string of the molecule is CCn1cc(CC(C)N)c2ccccc21.Cl. The van der Waals surface area contributed by atoms with Crippen molar-refractivity contribution in [1.29, 1.82) is 0 Å². The molecule has 2 N–H and O–H groups in total. The van der Waals surface area contributed by atoms with Crippen molar-refractivity contribution >= 4 is 23.3 Å². The van der Waals surface area contributed by atoms with Gasteiger partial charge in [-0.05, 0) is 31.9 Å². The summed E-state index contributed by atoms with van der Waals surface area (Å²) in [5.74, 6) is 0. The highest BCUT2D eigenvalue weighted by atomic mass is 35.5. The van der Waals surface area contributed by atoms with Crippen LogP contribution in [0.25, 0.3) is 10.9 Å². The molecule has 1 atom stereocenters. The first-order valence-electron chi connectivity index (χ1n) is 5.54. The van der Waals surface area contributed by atoms with Crippen molar-refractivity contribution < 1.29 is 0 Å². The lowest BCUT2D eigenvalue weighted by molar-refractivity contribution is 0.731. The molecule has 0 bridgehead atoms. The van der Waals surface area contributed by atoms with Gasteiger partial charge in [-0.15, -0.1) is 12.4 Å². The second-order valence-electron chi connectivity index (χ2n) is 4.14. The lowest BCUT2D eigenvalue weighted by Crippen LogP contribution is -2.17. The largest absolute Gasteiger partial charge is 0.347 e. The maximum atomic E-state index is 5.86. The number of aryl methyl sites for hydroxylation is 1. The average Bonchev–Trinajstić information content (AvgIpc) is 2.56. The number of nitrogens with two attached hydrogens (primary N) is 1. The van der Waals surface area contributed by atoms with E-state index >= 15 is 0 Å². The van der Waals surface area contributed by atoms with Gasteiger partial charge in [0.05, 0.1) is 0 Å². The normalized spacial score (nSPS) is 12.4. The first-order chi connectivity index (χ1) is 7.22. The summed E-state index contributed by atoms with van der Waals surface area (Å²) in [5, 5.41) is 1.34. The zero-order valence-electron chi connectivity index (χ0n) is 9.81. The lowest BCUT2D eigenvalue weighted by Gasteiger charge is -2.02. The van der Waals surface area contributed by atoms with Gasteiger partial charge in [-0.25, -0.2) is 0 Å². The number of fused-ring (bicyclic) bond motifs is 1. The van der Waals surface area contributed by atoms with Crippen LogP contribution in [0.5, 0.6) is 0 Å². The Labute approximate surface area is 103 Å². The summed E-state index contributed by atoms with van der Waals surface area (Å²) in [6.45, 7) is 5.24. The monoisotopic (exact) mass is 238 g/mol. The first kappa shape index (κ1) is 13.1. The van der Waals surface area contributed by atoms with Gasteiger partial charge in [0.25, 0.3) is 0 Å². The zero-order valence-corrected chi connectivity index (χ0v) is 10.6. The molecule has 2 aromatic rings. The highest BCUT2D eigenvalue weighted by Gasteiger charge is 2.07. The Morgan fingerprint density at radius 1 is 1.31 bits per heavy atom. The number of hydrogen-bond donors (Lipinski definition) is 1. The van der Waals surface area contributed by atoms with E-state index in [1.54, 1.807) is 0 Å². The molecule has 1 aromatic heterocycles. The standard InChI is InChI=1S/C13H18N2.ClH/c1-3-15-9-11(8-10(2)14)12-6-4-5-7-13(12)15;/h4-7,9-10H,3,8,14H2,1-2H3;1H. The summed E-state index contributed by atoms with van der Waals surface area (Å²) < 4.78 is 2.28. The van der Waals surface area contributed by atoms with Gasteiger partial charge in [0.2, 0.25) is 0 Å². The number of para-hydroxylation sites is 1. The fourth-order valence-electron chi connectivity index (χ4n) is 2.09. The van der Waals surface area contributed by atoms with Crippen molar-refractivity contribution in [2.24, 2.45) is 5.73 Å². The topological polar surface area (TPSA) is 30.9 Å². The molecular weight excluding hydrogens is 220 g/mol. The van der Waals surface area contributed by atoms with Crippen LogP contribution in [0.4, 0.5) is 0 Å². The number of halogens is 1. The summed E-state index contributed by atoms with van der Waals surface area (Å²) in [6, 6.07) is 8.75. The molecule has 3 heteroatoms. The molecule has 0 aliphatic rings. The zero-order chi connectivity index (χ0) is 10.8. The van der Waals surface area contributed by atoms with Crippen LogP contribution in [0.3, 0.4) is 0 Å². The fourth-order valence-corrected chi connectivity index (χ4v) is 2.09. The number of hydrogen-bond acceptors (Lipinski definition) is 1. The van der Waals surface area contributed by atoms with E-state index in [-0.39, 0.29) is 18.4 Å². The third-order valence-electron chi connectivity index (χ3n) is 2.75. The van der Waals surface area contributed by atoms with Gasteiger partial charge in [-0.2, -0.15) is 0 Å². The Balaban J connectivity index is 0.00000128. The number of benzene rings is 1. The van der Waals surface area contributed by atoms with Crippen LogP contribution in [0, 0.1) is 0 Å². The van der Waals surface area contributed by atoms with Crippen LogP contribution in [0.1, 0.15) is 19.4 Å². The van der Waals surface area contributed by atoms with Crippen LogP contribution in [0.15, 0.2) is 30.5 Å². The molecule has 0 saturated heterocycles. The Morgan fingerprint density at radius 2 is 2.00 bits per heavy atom. The second kappa shape index (κ2) is 5.37. The average molecular weight is 239 g/mol. The van der Waals surface area contributed by atoms with Crippen molar-refractivity contribution in [3.05, 3.63) is 36.0 Å². The van der Waals surface area contributed by atoms with Gasteiger partial charge in [0, 0.05) is 29.7 Å². The van der Waals surface area contributed by atoms with Crippen molar-refractivity contribution in [2.75, 3.05) is 0 Å². The van der Waals surface area contributed by atoms with Gasteiger partial charge >= 0.3 is 0 Å². The number of rotatable bonds is 3. The third kappa shape index (κ3) is 2.39. The maximum absolute atomic E-state index is 5.86. The predicted molar refractivity (Wildman–Crippen MR) is 72.2 cm³/mol. The smallest absolute Gasteiger partial charge is 0.0483 e. The summed E-state index contributed by atoms with van der Waals surface area (Å²) in [7, 11) is 0. The molecule has 16 heavy (non-hydrogen) atoms. The van der Waals surface area contributed by atoms with E-state index in [1.165, 1.54) is 16.5 Å². The highest BCUT2D eigenvalue weighted by molar-refractivity contribution is 5.85. The van der Waals surface area contributed by atoms with Gasteiger partial charge < -0.3 is 10.3 Å². The van der Waals surface area contributed by atoms with E-state index in [0.29, 0.717) is 0 Å². The molecule has 0 spiro atoms. The highest BCUT2D eigenvalue weighted by Crippen LogP contribution is 2.22. The molecule has 1 heterocycles. The first-order valence-corrected chi connectivity index (χ1v) is 5.54. The molecule has 0 radical (unpaired) electrons.